The summed E-state index contributed by atoms with van der Waals surface area (Å²) in [6.45, 7) is 3.65. The average Bonchev–Trinajstić information content (AvgIpc) is 2.40. The van der Waals surface area contributed by atoms with Crippen molar-refractivity contribution in [3.63, 3.8) is 0 Å². The van der Waals surface area contributed by atoms with Crippen LogP contribution in [0.2, 0.25) is 0 Å². The Morgan fingerprint density at radius 2 is 2.43 bits per heavy atom. The van der Waals surface area contributed by atoms with E-state index in [0.717, 1.165) is 11.4 Å². The van der Waals surface area contributed by atoms with Crippen molar-refractivity contribution < 1.29 is 14.6 Å². The van der Waals surface area contributed by atoms with Crippen LogP contribution in [-0.4, -0.2) is 27.0 Å². The molecule has 1 aromatic rings. The van der Waals surface area contributed by atoms with Crippen LogP contribution in [0.4, 0.5) is 0 Å². The molecule has 78 valence electrons. The highest BCUT2D eigenvalue weighted by molar-refractivity contribution is 5.71. The van der Waals surface area contributed by atoms with Gasteiger partial charge in [0.05, 0.1) is 18.0 Å². The Bertz CT molecular complexity index is 333. The van der Waals surface area contributed by atoms with Crippen LogP contribution < -0.4 is 0 Å². The van der Waals surface area contributed by atoms with Crippen LogP contribution in [0.3, 0.4) is 0 Å². The van der Waals surface area contributed by atoms with Gasteiger partial charge in [0.2, 0.25) is 0 Å². The first-order chi connectivity index (χ1) is 6.50. The molecule has 5 heteroatoms. The number of carbonyl (C=O) groups is 1. The molecule has 0 aliphatic rings. The van der Waals surface area contributed by atoms with E-state index in [4.69, 9.17) is 9.84 Å². The minimum atomic E-state index is -0.955. The van der Waals surface area contributed by atoms with Gasteiger partial charge in [-0.05, 0) is 19.9 Å². The maximum absolute atomic E-state index is 10.5. The molecule has 14 heavy (non-hydrogen) atoms. The summed E-state index contributed by atoms with van der Waals surface area (Å²) in [5, 5.41) is 12.7. The van der Waals surface area contributed by atoms with E-state index in [2.05, 4.69) is 5.10 Å². The molecule has 0 fully saturated rings. The number of carboxylic acid groups (broad SMARTS) is 1. The smallest absolute Gasteiger partial charge is 0.332 e. The highest BCUT2D eigenvalue weighted by Crippen LogP contribution is 2.05. The van der Waals surface area contributed by atoms with Crippen molar-refractivity contribution in [3.8, 4) is 0 Å². The molecule has 0 spiro atoms. The van der Waals surface area contributed by atoms with Crippen LogP contribution in [-0.2, 0) is 23.2 Å². The zero-order valence-corrected chi connectivity index (χ0v) is 8.52. The Morgan fingerprint density at radius 3 is 2.86 bits per heavy atom. The molecule has 1 rings (SSSR count). The van der Waals surface area contributed by atoms with Gasteiger partial charge in [0.25, 0.3) is 0 Å². The number of rotatable bonds is 4. The van der Waals surface area contributed by atoms with Gasteiger partial charge in [0.1, 0.15) is 0 Å². The largest absolute Gasteiger partial charge is 0.479 e. The number of ether oxygens (including phenoxy) is 1. The molecule has 0 radical (unpaired) electrons. The summed E-state index contributed by atoms with van der Waals surface area (Å²) < 4.78 is 6.81. The quantitative estimate of drug-likeness (QED) is 0.774. The van der Waals surface area contributed by atoms with E-state index in [1.165, 1.54) is 6.92 Å². The fourth-order valence-electron chi connectivity index (χ4n) is 1.08. The molecule has 0 aliphatic heterocycles. The third-order valence-corrected chi connectivity index (χ3v) is 1.93. The van der Waals surface area contributed by atoms with Gasteiger partial charge in [-0.25, -0.2) is 4.79 Å². The van der Waals surface area contributed by atoms with Crippen molar-refractivity contribution in [1.29, 1.82) is 0 Å². The number of hydrogen-bond donors (Lipinski definition) is 1. The zero-order chi connectivity index (χ0) is 10.7. The lowest BCUT2D eigenvalue weighted by Gasteiger charge is -2.07. The lowest BCUT2D eigenvalue weighted by molar-refractivity contribution is -0.150. The van der Waals surface area contributed by atoms with E-state index >= 15 is 0 Å². The maximum Gasteiger partial charge on any atom is 0.332 e. The predicted molar refractivity (Wildman–Crippen MR) is 49.8 cm³/mol. The standard InChI is InChI=1S/C9H14N2O3/c1-6-4-8(11(3)10-6)5-14-7(2)9(12)13/h4,7H,5H2,1-3H3,(H,12,13)/t7-/m1/s1. The molecule has 0 unspecified atom stereocenters. The second-order valence-electron chi connectivity index (χ2n) is 3.19. The average molecular weight is 198 g/mol. The van der Waals surface area contributed by atoms with Crippen molar-refractivity contribution in [3.05, 3.63) is 17.5 Å². The third-order valence-electron chi connectivity index (χ3n) is 1.93. The maximum atomic E-state index is 10.5. The molecule has 1 N–H and O–H groups in total. The Balaban J connectivity index is 2.53. The van der Waals surface area contributed by atoms with Gasteiger partial charge >= 0.3 is 5.97 Å². The van der Waals surface area contributed by atoms with Gasteiger partial charge in [-0.1, -0.05) is 0 Å². The molecule has 5 nitrogen and oxygen atoms in total. The van der Waals surface area contributed by atoms with Crippen LogP contribution >= 0.6 is 0 Å². The molecule has 0 amide bonds. The van der Waals surface area contributed by atoms with Crippen molar-refractivity contribution in [1.82, 2.24) is 9.78 Å². The van der Waals surface area contributed by atoms with Crippen LogP contribution in [0.15, 0.2) is 6.07 Å². The first-order valence-corrected chi connectivity index (χ1v) is 4.34. The van der Waals surface area contributed by atoms with Gasteiger partial charge in [-0.15, -0.1) is 0 Å². The first-order valence-electron chi connectivity index (χ1n) is 4.34. The highest BCUT2D eigenvalue weighted by Gasteiger charge is 2.12. The summed E-state index contributed by atoms with van der Waals surface area (Å²) in [4.78, 5) is 10.5. The number of aromatic nitrogens is 2. The van der Waals surface area contributed by atoms with Crippen LogP contribution in [0.25, 0.3) is 0 Å². The molecule has 0 saturated heterocycles. The SMILES string of the molecule is Cc1cc(CO[C@H](C)C(=O)O)n(C)n1. The van der Waals surface area contributed by atoms with Crippen LogP contribution in [0, 0.1) is 6.92 Å². The minimum Gasteiger partial charge on any atom is -0.479 e. The van der Waals surface area contributed by atoms with E-state index in [0.29, 0.717) is 0 Å². The molecule has 0 saturated carbocycles. The van der Waals surface area contributed by atoms with Crippen LogP contribution in [0.5, 0.6) is 0 Å². The second kappa shape index (κ2) is 4.23. The highest BCUT2D eigenvalue weighted by atomic mass is 16.5. The van der Waals surface area contributed by atoms with E-state index in [-0.39, 0.29) is 6.61 Å². The molecule has 1 heterocycles. The first kappa shape index (κ1) is 10.7. The van der Waals surface area contributed by atoms with Crippen molar-refractivity contribution >= 4 is 5.97 Å². The molecule has 1 aromatic heterocycles. The fraction of sp³-hybridized carbons (Fsp3) is 0.556. The topological polar surface area (TPSA) is 64.3 Å². The summed E-state index contributed by atoms with van der Waals surface area (Å²) in [6.07, 6.45) is -0.787. The molecule has 0 bridgehead atoms. The van der Waals surface area contributed by atoms with Crippen molar-refractivity contribution in [2.24, 2.45) is 7.05 Å². The summed E-state index contributed by atoms with van der Waals surface area (Å²) in [6, 6.07) is 1.87. The lowest BCUT2D eigenvalue weighted by atomic mass is 10.3. The normalized spacial score (nSPS) is 12.8. The molecule has 1 atom stereocenters. The Kier molecular flexibility index (Phi) is 3.24. The van der Waals surface area contributed by atoms with Crippen molar-refractivity contribution in [2.75, 3.05) is 0 Å². The van der Waals surface area contributed by atoms with Gasteiger partial charge in [0.15, 0.2) is 6.10 Å². The Hall–Kier alpha value is -1.36. The summed E-state index contributed by atoms with van der Waals surface area (Å²) in [5.74, 6) is -0.955. The van der Waals surface area contributed by atoms with Gasteiger partial charge < -0.3 is 9.84 Å². The van der Waals surface area contributed by atoms with E-state index in [1.54, 1.807) is 11.7 Å². The summed E-state index contributed by atoms with van der Waals surface area (Å²) in [5.41, 5.74) is 1.77. The van der Waals surface area contributed by atoms with E-state index in [9.17, 15) is 4.79 Å². The number of aliphatic carboxylic acids is 1. The Labute approximate surface area is 82.3 Å². The predicted octanol–water partition coefficient (Wildman–Crippen LogP) is 0.718. The number of aryl methyl sites for hydroxylation is 2. The van der Waals surface area contributed by atoms with Crippen LogP contribution in [0.1, 0.15) is 18.3 Å². The van der Waals surface area contributed by atoms with E-state index < -0.39 is 12.1 Å². The van der Waals surface area contributed by atoms with E-state index in [1.807, 2.05) is 13.0 Å². The minimum absolute atomic E-state index is 0.269. The number of carboxylic acids is 1. The third kappa shape index (κ3) is 2.56. The molecular weight excluding hydrogens is 184 g/mol. The monoisotopic (exact) mass is 198 g/mol. The van der Waals surface area contributed by atoms with Gasteiger partial charge in [-0.3, -0.25) is 4.68 Å². The number of nitrogens with zero attached hydrogens (tertiary/aromatic N) is 2. The van der Waals surface area contributed by atoms with Crippen molar-refractivity contribution in [2.45, 2.75) is 26.6 Å². The fourth-order valence-corrected chi connectivity index (χ4v) is 1.08. The zero-order valence-electron chi connectivity index (χ0n) is 8.52. The second-order valence-corrected chi connectivity index (χ2v) is 3.19. The molecule has 0 aromatic carbocycles. The number of hydrogen-bond acceptors (Lipinski definition) is 3. The van der Waals surface area contributed by atoms with Gasteiger partial charge in [0, 0.05) is 7.05 Å². The summed E-state index contributed by atoms with van der Waals surface area (Å²) in [7, 11) is 1.80. The summed E-state index contributed by atoms with van der Waals surface area (Å²) >= 11 is 0. The van der Waals surface area contributed by atoms with Gasteiger partial charge in [-0.2, -0.15) is 5.10 Å². The lowest BCUT2D eigenvalue weighted by Crippen LogP contribution is -2.20. The molecular formula is C9H14N2O3. The molecule has 0 aliphatic carbocycles. The Morgan fingerprint density at radius 1 is 1.79 bits per heavy atom.